The third-order valence-electron chi connectivity index (χ3n) is 4.05. The van der Waals surface area contributed by atoms with Crippen molar-refractivity contribution in [1.29, 1.82) is 0 Å². The van der Waals surface area contributed by atoms with E-state index in [0.29, 0.717) is 25.2 Å². The van der Waals surface area contributed by atoms with Crippen LogP contribution in [0, 0.1) is 0 Å². The van der Waals surface area contributed by atoms with Gasteiger partial charge in [0, 0.05) is 19.6 Å². The summed E-state index contributed by atoms with van der Waals surface area (Å²) in [5.74, 6) is -1.02. The summed E-state index contributed by atoms with van der Waals surface area (Å²) in [5.41, 5.74) is 0.836. The van der Waals surface area contributed by atoms with E-state index in [9.17, 15) is 9.90 Å². The molecule has 0 amide bonds. The Morgan fingerprint density at radius 1 is 1.18 bits per heavy atom. The molecule has 1 unspecified atom stereocenters. The maximum absolute atomic E-state index is 11.0. The second-order valence-electron chi connectivity index (χ2n) is 5.68. The summed E-state index contributed by atoms with van der Waals surface area (Å²) < 4.78 is 0. The number of aromatic carboxylic acids is 1. The Morgan fingerprint density at radius 3 is 2.68 bits per heavy atom. The zero-order valence-corrected chi connectivity index (χ0v) is 12.1. The van der Waals surface area contributed by atoms with Crippen LogP contribution in [0.15, 0.2) is 48.5 Å². The van der Waals surface area contributed by atoms with Crippen LogP contribution in [-0.4, -0.2) is 39.2 Å². The standard InChI is InChI=1S/C17H18N2O3/c20-16(21)15-8-4-7-14(18-15)11-19-10-9-17(22,12-19)13-5-2-1-3-6-13/h1-8,22H,9-12H2,(H,20,21). The number of β-amino-alcohol motifs (C(OH)–C–C–N with tert-alkyl or cyclic N) is 1. The van der Waals surface area contributed by atoms with Gasteiger partial charge in [0.15, 0.2) is 0 Å². The van der Waals surface area contributed by atoms with Gasteiger partial charge in [-0.1, -0.05) is 36.4 Å². The fraction of sp³-hybridized carbons (Fsp3) is 0.294. The number of benzene rings is 1. The summed E-state index contributed by atoms with van der Waals surface area (Å²) >= 11 is 0. The van der Waals surface area contributed by atoms with E-state index in [4.69, 9.17) is 5.11 Å². The van der Waals surface area contributed by atoms with E-state index in [2.05, 4.69) is 9.88 Å². The van der Waals surface area contributed by atoms with Gasteiger partial charge in [0.1, 0.15) is 11.3 Å². The van der Waals surface area contributed by atoms with Gasteiger partial charge in [0.2, 0.25) is 0 Å². The Balaban J connectivity index is 1.71. The molecular formula is C17H18N2O3. The average Bonchev–Trinajstić information content (AvgIpc) is 2.91. The van der Waals surface area contributed by atoms with E-state index in [0.717, 1.165) is 12.1 Å². The zero-order chi connectivity index (χ0) is 15.6. The molecule has 0 saturated carbocycles. The third-order valence-corrected chi connectivity index (χ3v) is 4.05. The van der Waals surface area contributed by atoms with Gasteiger partial charge in [-0.2, -0.15) is 0 Å². The van der Waals surface area contributed by atoms with Gasteiger partial charge < -0.3 is 10.2 Å². The molecule has 1 aromatic carbocycles. The highest BCUT2D eigenvalue weighted by atomic mass is 16.4. The predicted molar refractivity (Wildman–Crippen MR) is 81.4 cm³/mol. The molecule has 0 bridgehead atoms. The van der Waals surface area contributed by atoms with Crippen molar-refractivity contribution in [2.75, 3.05) is 13.1 Å². The number of hydrogen-bond donors (Lipinski definition) is 2. The molecule has 22 heavy (non-hydrogen) atoms. The first-order chi connectivity index (χ1) is 10.6. The van der Waals surface area contributed by atoms with E-state index < -0.39 is 11.6 Å². The van der Waals surface area contributed by atoms with Gasteiger partial charge in [-0.15, -0.1) is 0 Å². The van der Waals surface area contributed by atoms with Crippen LogP contribution >= 0.6 is 0 Å². The van der Waals surface area contributed by atoms with Crippen LogP contribution in [-0.2, 0) is 12.1 Å². The molecule has 1 fully saturated rings. The molecule has 5 heteroatoms. The lowest BCUT2D eigenvalue weighted by Gasteiger charge is -2.24. The Hall–Kier alpha value is -2.24. The second-order valence-corrected chi connectivity index (χ2v) is 5.68. The van der Waals surface area contributed by atoms with Crippen molar-refractivity contribution in [3.05, 3.63) is 65.5 Å². The maximum Gasteiger partial charge on any atom is 0.354 e. The molecule has 2 heterocycles. The Kier molecular flexibility index (Phi) is 3.92. The maximum atomic E-state index is 11.0. The monoisotopic (exact) mass is 298 g/mol. The van der Waals surface area contributed by atoms with Crippen molar-refractivity contribution >= 4 is 5.97 Å². The number of pyridine rings is 1. The molecule has 1 aliphatic heterocycles. The largest absolute Gasteiger partial charge is 0.477 e. The number of carboxylic acids is 1. The Bertz CT molecular complexity index is 675. The number of likely N-dealkylation sites (tertiary alicyclic amines) is 1. The molecular weight excluding hydrogens is 280 g/mol. The normalized spacial score (nSPS) is 21.9. The van der Waals surface area contributed by atoms with Crippen molar-refractivity contribution in [2.24, 2.45) is 0 Å². The molecule has 0 spiro atoms. The Morgan fingerprint density at radius 2 is 1.95 bits per heavy atom. The van der Waals surface area contributed by atoms with Crippen LogP contribution in [0.25, 0.3) is 0 Å². The summed E-state index contributed by atoms with van der Waals surface area (Å²) in [5, 5.41) is 19.8. The molecule has 3 rings (SSSR count). The summed E-state index contributed by atoms with van der Waals surface area (Å²) in [6.07, 6.45) is 0.662. The number of nitrogens with zero attached hydrogens (tertiary/aromatic N) is 2. The van der Waals surface area contributed by atoms with Crippen LogP contribution < -0.4 is 0 Å². The first-order valence-corrected chi connectivity index (χ1v) is 7.26. The predicted octanol–water partition coefficient (Wildman–Crippen LogP) is 1.87. The molecule has 1 aliphatic rings. The van der Waals surface area contributed by atoms with Crippen molar-refractivity contribution < 1.29 is 15.0 Å². The zero-order valence-electron chi connectivity index (χ0n) is 12.1. The summed E-state index contributed by atoms with van der Waals surface area (Å²) in [6, 6.07) is 14.6. The van der Waals surface area contributed by atoms with E-state index in [1.807, 2.05) is 36.4 Å². The van der Waals surface area contributed by atoms with Gasteiger partial charge >= 0.3 is 5.97 Å². The molecule has 0 aliphatic carbocycles. The van der Waals surface area contributed by atoms with E-state index in [-0.39, 0.29) is 5.69 Å². The third kappa shape index (κ3) is 3.00. The fourth-order valence-electron chi connectivity index (χ4n) is 2.91. The minimum Gasteiger partial charge on any atom is -0.477 e. The van der Waals surface area contributed by atoms with Gasteiger partial charge in [0.25, 0.3) is 0 Å². The van der Waals surface area contributed by atoms with E-state index in [1.165, 1.54) is 6.07 Å². The lowest BCUT2D eigenvalue weighted by molar-refractivity contribution is 0.0451. The first kappa shape index (κ1) is 14.7. The molecule has 5 nitrogen and oxygen atoms in total. The number of hydrogen-bond acceptors (Lipinski definition) is 4. The summed E-state index contributed by atoms with van der Waals surface area (Å²) in [7, 11) is 0. The van der Waals surface area contributed by atoms with Crippen LogP contribution in [0.3, 0.4) is 0 Å². The first-order valence-electron chi connectivity index (χ1n) is 7.26. The lowest BCUT2D eigenvalue weighted by Crippen LogP contribution is -2.30. The minimum absolute atomic E-state index is 0.0509. The minimum atomic E-state index is -1.02. The van der Waals surface area contributed by atoms with Crippen LogP contribution in [0.2, 0.25) is 0 Å². The van der Waals surface area contributed by atoms with Gasteiger partial charge in [-0.05, 0) is 24.1 Å². The van der Waals surface area contributed by atoms with E-state index in [1.54, 1.807) is 6.07 Å². The fourth-order valence-corrected chi connectivity index (χ4v) is 2.91. The SMILES string of the molecule is O=C(O)c1cccc(CN2CCC(O)(c3ccccc3)C2)n1. The highest BCUT2D eigenvalue weighted by Gasteiger charge is 2.37. The average molecular weight is 298 g/mol. The number of carboxylic acid groups (broad SMARTS) is 1. The molecule has 1 atom stereocenters. The summed E-state index contributed by atoms with van der Waals surface area (Å²) in [4.78, 5) is 17.2. The van der Waals surface area contributed by atoms with Crippen molar-refractivity contribution in [2.45, 2.75) is 18.6 Å². The molecule has 114 valence electrons. The van der Waals surface area contributed by atoms with Crippen molar-refractivity contribution in [3.63, 3.8) is 0 Å². The number of aromatic nitrogens is 1. The number of aliphatic hydroxyl groups is 1. The molecule has 2 N–H and O–H groups in total. The smallest absolute Gasteiger partial charge is 0.354 e. The Labute approximate surface area is 128 Å². The highest BCUT2D eigenvalue weighted by molar-refractivity contribution is 5.85. The van der Waals surface area contributed by atoms with Crippen LogP contribution in [0.1, 0.15) is 28.2 Å². The van der Waals surface area contributed by atoms with Crippen molar-refractivity contribution in [1.82, 2.24) is 9.88 Å². The van der Waals surface area contributed by atoms with Gasteiger partial charge in [0.05, 0.1) is 5.69 Å². The van der Waals surface area contributed by atoms with E-state index >= 15 is 0 Å². The lowest BCUT2D eigenvalue weighted by atomic mass is 9.93. The van der Waals surface area contributed by atoms with Gasteiger partial charge in [-0.3, -0.25) is 4.90 Å². The topological polar surface area (TPSA) is 73.7 Å². The van der Waals surface area contributed by atoms with Crippen LogP contribution in [0.5, 0.6) is 0 Å². The molecule has 1 saturated heterocycles. The van der Waals surface area contributed by atoms with Gasteiger partial charge in [-0.25, -0.2) is 9.78 Å². The van der Waals surface area contributed by atoms with Crippen LogP contribution in [0.4, 0.5) is 0 Å². The molecule has 1 aromatic heterocycles. The quantitative estimate of drug-likeness (QED) is 0.901. The second kappa shape index (κ2) is 5.87. The molecule has 0 radical (unpaired) electrons. The number of rotatable bonds is 4. The highest BCUT2D eigenvalue weighted by Crippen LogP contribution is 2.32. The number of carbonyl (C=O) groups is 1. The summed E-state index contributed by atoms with van der Waals surface area (Å²) in [6.45, 7) is 1.82. The molecule has 2 aromatic rings. The van der Waals surface area contributed by atoms with Crippen molar-refractivity contribution in [3.8, 4) is 0 Å².